The molecule has 2 unspecified atom stereocenters. The van der Waals surface area contributed by atoms with Gasteiger partial charge in [0, 0.05) is 19.4 Å². The fourth-order valence-corrected chi connectivity index (χ4v) is 9.17. The zero-order chi connectivity index (χ0) is 46.0. The predicted molar refractivity (Wildman–Crippen MR) is 266 cm³/mol. The molecular weight excluding hydrogens is 810 g/mol. The number of phosphoric acid groups is 1. The average molecular weight is 916 g/mol. The summed E-state index contributed by atoms with van der Waals surface area (Å²) in [6, 6.07) is 0. The second kappa shape index (κ2) is 50.4. The molecule has 376 valence electrons. The third kappa shape index (κ3) is 50.3. The summed E-state index contributed by atoms with van der Waals surface area (Å²) in [6.45, 7) is 3.81. The van der Waals surface area contributed by atoms with Gasteiger partial charge in [0.1, 0.15) is 6.61 Å². The van der Waals surface area contributed by atoms with Crippen LogP contribution in [0.4, 0.5) is 0 Å². The molecule has 2 atom stereocenters. The van der Waals surface area contributed by atoms with Crippen LogP contribution < -0.4 is 5.73 Å². The minimum atomic E-state index is -4.38. The molecule has 63 heavy (non-hydrogen) atoms. The van der Waals surface area contributed by atoms with Crippen LogP contribution in [0, 0.1) is 0 Å². The third-order valence-corrected chi connectivity index (χ3v) is 13.5. The van der Waals surface area contributed by atoms with E-state index in [-0.39, 0.29) is 38.6 Å². The lowest BCUT2D eigenvalue weighted by Gasteiger charge is -2.19. The fourth-order valence-electron chi connectivity index (χ4n) is 8.40. The summed E-state index contributed by atoms with van der Waals surface area (Å²) < 4.78 is 33.0. The van der Waals surface area contributed by atoms with Gasteiger partial charge in [0.15, 0.2) is 6.10 Å². The molecule has 0 aromatic heterocycles. The third-order valence-electron chi connectivity index (χ3n) is 12.5. The van der Waals surface area contributed by atoms with Crippen molar-refractivity contribution in [3.05, 3.63) is 0 Å². The number of nitrogens with two attached hydrogens (primary N) is 1. The summed E-state index contributed by atoms with van der Waals surface area (Å²) in [7, 11) is -4.38. The average Bonchev–Trinajstić information content (AvgIpc) is 3.27. The number of esters is 2. The highest BCUT2D eigenvalue weighted by Gasteiger charge is 2.26. The molecule has 0 bridgehead atoms. The molecule has 0 amide bonds. The van der Waals surface area contributed by atoms with Crippen LogP contribution in [0.1, 0.15) is 296 Å². The summed E-state index contributed by atoms with van der Waals surface area (Å²) in [5.74, 6) is -0.804. The normalized spacial score (nSPS) is 13.0. The second-order valence-electron chi connectivity index (χ2n) is 18.8. The Hall–Kier alpha value is -0.990. The van der Waals surface area contributed by atoms with Gasteiger partial charge in [-0.3, -0.25) is 18.6 Å². The molecule has 9 nitrogen and oxygen atoms in total. The van der Waals surface area contributed by atoms with E-state index in [4.69, 9.17) is 24.3 Å². The molecule has 0 saturated carbocycles. The topological polar surface area (TPSA) is 134 Å². The van der Waals surface area contributed by atoms with E-state index in [0.717, 1.165) is 32.1 Å². The number of rotatable bonds is 53. The van der Waals surface area contributed by atoms with E-state index in [9.17, 15) is 19.0 Å². The highest BCUT2D eigenvalue weighted by Crippen LogP contribution is 2.43. The lowest BCUT2D eigenvalue weighted by Crippen LogP contribution is -2.29. The van der Waals surface area contributed by atoms with Crippen molar-refractivity contribution in [3.63, 3.8) is 0 Å². The van der Waals surface area contributed by atoms with Crippen molar-refractivity contribution in [2.45, 2.75) is 302 Å². The van der Waals surface area contributed by atoms with Gasteiger partial charge in [-0.1, -0.05) is 271 Å². The first-order valence-electron chi connectivity index (χ1n) is 27.5. The Morgan fingerprint density at radius 2 is 0.683 bits per heavy atom. The van der Waals surface area contributed by atoms with Gasteiger partial charge in [-0.15, -0.1) is 0 Å². The maximum absolute atomic E-state index is 12.7. The van der Waals surface area contributed by atoms with Gasteiger partial charge < -0.3 is 20.1 Å². The molecule has 0 aromatic carbocycles. The van der Waals surface area contributed by atoms with E-state index in [0.29, 0.717) is 6.42 Å². The molecular formula is C53H106NO8P. The lowest BCUT2D eigenvalue weighted by atomic mass is 10.0. The summed E-state index contributed by atoms with van der Waals surface area (Å²) in [6.07, 6.45) is 54.4. The molecule has 0 aliphatic heterocycles. The molecule has 0 radical (unpaired) electrons. The van der Waals surface area contributed by atoms with Crippen molar-refractivity contribution < 1.29 is 37.6 Å². The quantitative estimate of drug-likeness (QED) is 0.0347. The van der Waals surface area contributed by atoms with Gasteiger partial charge in [-0.25, -0.2) is 4.57 Å². The number of carbonyl (C=O) groups excluding carboxylic acids is 2. The summed E-state index contributed by atoms with van der Waals surface area (Å²) in [5, 5.41) is 0. The van der Waals surface area contributed by atoms with E-state index < -0.39 is 26.5 Å². The van der Waals surface area contributed by atoms with Gasteiger partial charge >= 0.3 is 19.8 Å². The SMILES string of the molecule is CCCCCCCCCCCCCCCCCCCCCCCCCCCC(=O)OC(COC(=O)CCCCCCCCCCCCCCCCCCC)COP(=O)(O)OCCN. The number of unbranched alkanes of at least 4 members (excludes halogenated alkanes) is 40. The van der Waals surface area contributed by atoms with Crippen LogP contribution in [-0.2, 0) is 32.7 Å². The fraction of sp³-hybridized carbons (Fsp3) is 0.962. The first kappa shape index (κ1) is 62.0. The van der Waals surface area contributed by atoms with E-state index >= 15 is 0 Å². The van der Waals surface area contributed by atoms with Crippen LogP contribution in [0.3, 0.4) is 0 Å². The Labute approximate surface area is 390 Å². The summed E-state index contributed by atoms with van der Waals surface area (Å²) >= 11 is 0. The lowest BCUT2D eigenvalue weighted by molar-refractivity contribution is -0.161. The predicted octanol–water partition coefficient (Wildman–Crippen LogP) is 16.7. The van der Waals surface area contributed by atoms with Gasteiger partial charge in [-0.05, 0) is 12.8 Å². The van der Waals surface area contributed by atoms with Crippen LogP contribution in [0.15, 0.2) is 0 Å². The molecule has 0 heterocycles. The Morgan fingerprint density at radius 1 is 0.413 bits per heavy atom. The first-order valence-corrected chi connectivity index (χ1v) is 29.0. The zero-order valence-electron chi connectivity index (χ0n) is 41.8. The molecule has 3 N–H and O–H groups in total. The van der Waals surface area contributed by atoms with Gasteiger partial charge in [0.25, 0.3) is 0 Å². The number of carbonyl (C=O) groups is 2. The minimum Gasteiger partial charge on any atom is -0.462 e. The molecule has 10 heteroatoms. The van der Waals surface area contributed by atoms with Crippen LogP contribution in [-0.4, -0.2) is 49.3 Å². The van der Waals surface area contributed by atoms with Crippen LogP contribution in [0.2, 0.25) is 0 Å². The summed E-state index contributed by atoms with van der Waals surface area (Å²) in [5.41, 5.74) is 5.37. The largest absolute Gasteiger partial charge is 0.472 e. The number of ether oxygens (including phenoxy) is 2. The minimum absolute atomic E-state index is 0.0585. The molecule has 0 aliphatic carbocycles. The van der Waals surface area contributed by atoms with Crippen LogP contribution in [0.5, 0.6) is 0 Å². The standard InChI is InChI=1S/C53H106NO8P/c1-3-5-7-9-11-13-15-17-19-21-22-23-24-25-26-27-28-30-32-34-36-38-40-42-44-46-53(56)62-51(50-61-63(57,58)60-48-47-54)49-59-52(55)45-43-41-39-37-35-33-31-29-20-18-16-14-12-10-8-6-4-2/h51H,3-50,54H2,1-2H3,(H,57,58). The van der Waals surface area contributed by atoms with Gasteiger partial charge in [0.2, 0.25) is 0 Å². The highest BCUT2D eigenvalue weighted by atomic mass is 31.2. The Bertz CT molecular complexity index is 1000. The monoisotopic (exact) mass is 916 g/mol. The Morgan fingerprint density at radius 3 is 0.968 bits per heavy atom. The highest BCUT2D eigenvalue weighted by molar-refractivity contribution is 7.47. The first-order chi connectivity index (χ1) is 30.8. The van der Waals surface area contributed by atoms with Crippen molar-refractivity contribution in [1.29, 1.82) is 0 Å². The molecule has 0 fully saturated rings. The molecule has 0 spiro atoms. The maximum atomic E-state index is 12.7. The van der Waals surface area contributed by atoms with Crippen molar-refractivity contribution >= 4 is 19.8 Å². The smallest absolute Gasteiger partial charge is 0.462 e. The molecule has 0 rings (SSSR count). The molecule has 0 aliphatic rings. The molecule has 0 saturated heterocycles. The van der Waals surface area contributed by atoms with E-state index in [2.05, 4.69) is 13.8 Å². The zero-order valence-corrected chi connectivity index (χ0v) is 42.7. The van der Waals surface area contributed by atoms with Crippen molar-refractivity contribution in [2.24, 2.45) is 5.73 Å². The summed E-state index contributed by atoms with van der Waals surface area (Å²) in [4.78, 5) is 35.1. The van der Waals surface area contributed by atoms with Crippen molar-refractivity contribution in [2.75, 3.05) is 26.4 Å². The number of hydrogen-bond acceptors (Lipinski definition) is 8. The van der Waals surface area contributed by atoms with Crippen LogP contribution >= 0.6 is 7.82 Å². The van der Waals surface area contributed by atoms with E-state index in [1.165, 1.54) is 231 Å². The van der Waals surface area contributed by atoms with Crippen molar-refractivity contribution in [1.82, 2.24) is 0 Å². The molecule has 0 aromatic rings. The van der Waals surface area contributed by atoms with Gasteiger partial charge in [-0.2, -0.15) is 0 Å². The van der Waals surface area contributed by atoms with Crippen molar-refractivity contribution in [3.8, 4) is 0 Å². The van der Waals surface area contributed by atoms with E-state index in [1.807, 2.05) is 0 Å². The number of hydrogen-bond donors (Lipinski definition) is 2. The second-order valence-corrected chi connectivity index (χ2v) is 20.3. The van der Waals surface area contributed by atoms with Gasteiger partial charge in [0.05, 0.1) is 13.2 Å². The number of phosphoric ester groups is 1. The maximum Gasteiger partial charge on any atom is 0.472 e. The Balaban J connectivity index is 3.92. The van der Waals surface area contributed by atoms with Crippen LogP contribution in [0.25, 0.3) is 0 Å². The Kier molecular flexibility index (Phi) is 49.6. The van der Waals surface area contributed by atoms with E-state index in [1.54, 1.807) is 0 Å².